The molecular weight excluding hydrogens is 267 g/mol. The van der Waals surface area contributed by atoms with E-state index in [-0.39, 0.29) is 17.8 Å². The van der Waals surface area contributed by atoms with Crippen molar-refractivity contribution < 1.29 is 4.39 Å². The molecule has 19 heavy (non-hydrogen) atoms. The van der Waals surface area contributed by atoms with Crippen molar-refractivity contribution in [2.75, 3.05) is 11.1 Å². The molecule has 0 aliphatic heterocycles. The molecule has 3 N–H and O–H groups in total. The first-order chi connectivity index (χ1) is 8.97. The lowest BCUT2D eigenvalue weighted by molar-refractivity contribution is 0.628. The summed E-state index contributed by atoms with van der Waals surface area (Å²) >= 11 is 6.06. The molecule has 0 atom stereocenters. The minimum absolute atomic E-state index is 0.171. The second-order valence-electron chi connectivity index (χ2n) is 4.41. The topological polar surface area (TPSA) is 63.8 Å². The number of nitrogens with zero attached hydrogens (tertiary/aromatic N) is 2. The smallest absolute Gasteiger partial charge is 0.221 e. The van der Waals surface area contributed by atoms with Gasteiger partial charge in [0.1, 0.15) is 11.6 Å². The summed E-state index contributed by atoms with van der Waals surface area (Å²) in [5.41, 5.74) is 6.93. The summed E-state index contributed by atoms with van der Waals surface area (Å²) in [6.07, 6.45) is 1.58. The van der Waals surface area contributed by atoms with Crippen LogP contribution in [0.2, 0.25) is 5.02 Å². The van der Waals surface area contributed by atoms with Crippen LogP contribution in [0.3, 0.4) is 0 Å². The Hall–Kier alpha value is -1.88. The average molecular weight is 281 g/mol. The Labute approximate surface area is 115 Å². The molecule has 2 aromatic rings. The third kappa shape index (κ3) is 3.12. The van der Waals surface area contributed by atoms with Gasteiger partial charge in [-0.2, -0.15) is 4.98 Å². The maximum Gasteiger partial charge on any atom is 0.221 e. The summed E-state index contributed by atoms with van der Waals surface area (Å²) in [5.74, 6) is 0.365. The van der Waals surface area contributed by atoms with Crippen molar-refractivity contribution in [2.45, 2.75) is 19.9 Å². The molecule has 6 heteroatoms. The number of nitrogen functional groups attached to an aromatic ring is 1. The molecule has 0 unspecified atom stereocenters. The maximum atomic E-state index is 13.1. The standard InChI is InChI=1S/C13H14ClFN4/c1-7(2)18-12-10(6-17-13(16)19-12)9-4-3-8(15)5-11(9)14/h3-7H,1-2H3,(H3,16,17,18,19). The molecule has 4 nitrogen and oxygen atoms in total. The van der Waals surface area contributed by atoms with E-state index in [2.05, 4.69) is 15.3 Å². The average Bonchev–Trinajstić information content (AvgIpc) is 2.30. The van der Waals surface area contributed by atoms with Crippen molar-refractivity contribution in [3.8, 4) is 11.1 Å². The van der Waals surface area contributed by atoms with Crippen LogP contribution in [0.15, 0.2) is 24.4 Å². The van der Waals surface area contributed by atoms with Crippen LogP contribution in [0.5, 0.6) is 0 Å². The van der Waals surface area contributed by atoms with Crippen LogP contribution >= 0.6 is 11.6 Å². The molecule has 0 spiro atoms. The third-order valence-corrected chi connectivity index (χ3v) is 2.77. The Balaban J connectivity index is 2.54. The van der Waals surface area contributed by atoms with Crippen LogP contribution in [-0.2, 0) is 0 Å². The molecule has 2 rings (SSSR count). The zero-order valence-corrected chi connectivity index (χ0v) is 11.4. The lowest BCUT2D eigenvalue weighted by atomic mass is 10.1. The fourth-order valence-electron chi connectivity index (χ4n) is 1.68. The van der Waals surface area contributed by atoms with Gasteiger partial charge in [0.25, 0.3) is 0 Å². The lowest BCUT2D eigenvalue weighted by Crippen LogP contribution is -2.13. The van der Waals surface area contributed by atoms with Crippen molar-refractivity contribution in [3.63, 3.8) is 0 Å². The Bertz CT molecular complexity index is 601. The van der Waals surface area contributed by atoms with Crippen LogP contribution in [0.25, 0.3) is 11.1 Å². The highest BCUT2D eigenvalue weighted by molar-refractivity contribution is 6.33. The molecule has 0 bridgehead atoms. The summed E-state index contributed by atoms with van der Waals surface area (Å²) in [6.45, 7) is 3.96. The van der Waals surface area contributed by atoms with Gasteiger partial charge in [-0.1, -0.05) is 11.6 Å². The molecule has 0 saturated carbocycles. The number of anilines is 2. The Morgan fingerprint density at radius 3 is 2.68 bits per heavy atom. The molecule has 1 aromatic heterocycles. The third-order valence-electron chi connectivity index (χ3n) is 2.45. The highest BCUT2D eigenvalue weighted by atomic mass is 35.5. The largest absolute Gasteiger partial charge is 0.368 e. The Morgan fingerprint density at radius 1 is 1.32 bits per heavy atom. The number of halogens is 2. The fraction of sp³-hybridized carbons (Fsp3) is 0.231. The number of nitrogens with one attached hydrogen (secondary N) is 1. The summed E-state index contributed by atoms with van der Waals surface area (Å²) in [5, 5.41) is 3.48. The van der Waals surface area contributed by atoms with Crippen molar-refractivity contribution in [1.82, 2.24) is 9.97 Å². The van der Waals surface area contributed by atoms with Gasteiger partial charge in [-0.15, -0.1) is 0 Å². The van der Waals surface area contributed by atoms with E-state index < -0.39 is 0 Å². The number of rotatable bonds is 3. The summed E-state index contributed by atoms with van der Waals surface area (Å²) in [4.78, 5) is 8.12. The van der Waals surface area contributed by atoms with Crippen LogP contribution < -0.4 is 11.1 Å². The monoisotopic (exact) mass is 280 g/mol. The van der Waals surface area contributed by atoms with Crippen LogP contribution in [0.4, 0.5) is 16.2 Å². The van der Waals surface area contributed by atoms with Gasteiger partial charge in [0.15, 0.2) is 0 Å². The molecule has 0 radical (unpaired) electrons. The van der Waals surface area contributed by atoms with Gasteiger partial charge in [-0.25, -0.2) is 9.37 Å². The van der Waals surface area contributed by atoms with Gasteiger partial charge in [0.2, 0.25) is 5.95 Å². The zero-order valence-electron chi connectivity index (χ0n) is 10.6. The summed E-state index contributed by atoms with van der Waals surface area (Å²) < 4.78 is 13.1. The molecular formula is C13H14ClFN4. The van der Waals surface area contributed by atoms with Crippen LogP contribution in [0, 0.1) is 5.82 Å². The molecule has 0 saturated heterocycles. The van der Waals surface area contributed by atoms with Crippen molar-refractivity contribution in [1.29, 1.82) is 0 Å². The molecule has 1 aromatic carbocycles. The first kappa shape index (κ1) is 13.5. The predicted molar refractivity (Wildman–Crippen MR) is 75.6 cm³/mol. The second-order valence-corrected chi connectivity index (χ2v) is 4.82. The van der Waals surface area contributed by atoms with Gasteiger partial charge < -0.3 is 11.1 Å². The fourth-order valence-corrected chi connectivity index (χ4v) is 1.95. The molecule has 0 amide bonds. The Kier molecular flexibility index (Phi) is 3.85. The number of hydrogen-bond acceptors (Lipinski definition) is 4. The highest BCUT2D eigenvalue weighted by Crippen LogP contribution is 2.32. The summed E-state index contributed by atoms with van der Waals surface area (Å²) in [6, 6.07) is 4.37. The quantitative estimate of drug-likeness (QED) is 0.905. The molecule has 100 valence electrons. The number of aromatic nitrogens is 2. The van der Waals surface area contributed by atoms with E-state index in [1.807, 2.05) is 13.8 Å². The van der Waals surface area contributed by atoms with E-state index in [0.29, 0.717) is 22.0 Å². The second kappa shape index (κ2) is 5.40. The highest BCUT2D eigenvalue weighted by Gasteiger charge is 2.13. The lowest BCUT2D eigenvalue weighted by Gasteiger charge is -2.14. The first-order valence-electron chi connectivity index (χ1n) is 5.82. The van der Waals surface area contributed by atoms with Crippen LogP contribution in [-0.4, -0.2) is 16.0 Å². The van der Waals surface area contributed by atoms with E-state index in [1.54, 1.807) is 12.3 Å². The summed E-state index contributed by atoms with van der Waals surface area (Å²) in [7, 11) is 0. The SMILES string of the molecule is CC(C)Nc1nc(N)ncc1-c1ccc(F)cc1Cl. The van der Waals surface area contributed by atoms with Crippen molar-refractivity contribution in [3.05, 3.63) is 35.2 Å². The van der Waals surface area contributed by atoms with E-state index in [9.17, 15) is 4.39 Å². The van der Waals surface area contributed by atoms with E-state index in [1.165, 1.54) is 12.1 Å². The van der Waals surface area contributed by atoms with Gasteiger partial charge in [-0.05, 0) is 32.0 Å². The minimum Gasteiger partial charge on any atom is -0.368 e. The van der Waals surface area contributed by atoms with Gasteiger partial charge in [-0.3, -0.25) is 0 Å². The zero-order chi connectivity index (χ0) is 14.0. The van der Waals surface area contributed by atoms with Crippen molar-refractivity contribution >= 4 is 23.4 Å². The molecule has 0 fully saturated rings. The van der Waals surface area contributed by atoms with E-state index >= 15 is 0 Å². The van der Waals surface area contributed by atoms with Gasteiger partial charge >= 0.3 is 0 Å². The van der Waals surface area contributed by atoms with E-state index in [0.717, 1.165) is 0 Å². The predicted octanol–water partition coefficient (Wildman–Crippen LogP) is 3.34. The van der Waals surface area contributed by atoms with Crippen molar-refractivity contribution in [2.24, 2.45) is 0 Å². The Morgan fingerprint density at radius 2 is 2.05 bits per heavy atom. The molecule has 1 heterocycles. The number of benzene rings is 1. The number of nitrogens with two attached hydrogens (primary N) is 1. The van der Waals surface area contributed by atoms with Gasteiger partial charge in [0, 0.05) is 23.4 Å². The number of hydrogen-bond donors (Lipinski definition) is 2. The van der Waals surface area contributed by atoms with E-state index in [4.69, 9.17) is 17.3 Å². The molecule has 0 aliphatic rings. The maximum absolute atomic E-state index is 13.1. The first-order valence-corrected chi connectivity index (χ1v) is 6.19. The molecule has 0 aliphatic carbocycles. The van der Waals surface area contributed by atoms with Crippen LogP contribution in [0.1, 0.15) is 13.8 Å². The normalized spacial score (nSPS) is 10.8. The van der Waals surface area contributed by atoms with Gasteiger partial charge in [0.05, 0.1) is 5.02 Å². The minimum atomic E-state index is -0.386.